The zero-order valence-corrected chi connectivity index (χ0v) is 8.24. The molecular formula is C8H6BrClO. The second-order valence-corrected chi connectivity index (χ2v) is 3.45. The first kappa shape index (κ1) is 8.75. The van der Waals surface area contributed by atoms with Gasteiger partial charge >= 0.3 is 0 Å². The number of Topliss-reactive ketones (excluding diaryl/α,β-unsaturated/α-hetero) is 1. The van der Waals surface area contributed by atoms with Crippen molar-refractivity contribution in [2.45, 2.75) is 6.92 Å². The number of rotatable bonds is 1. The number of carbonyl (C=O) groups is 1. The monoisotopic (exact) mass is 232 g/mol. The highest BCUT2D eigenvalue weighted by Gasteiger charge is 2.01. The molecule has 0 aliphatic heterocycles. The molecule has 0 heterocycles. The summed E-state index contributed by atoms with van der Waals surface area (Å²) in [5.41, 5.74) is 0.637. The Morgan fingerprint density at radius 1 is 1.55 bits per heavy atom. The Labute approximate surface area is 78.5 Å². The standard InChI is InChI=1S/C8H6BrClO/c1-5(11)6-2-3-7(9)8(10)4-6/h2-4H,1H3. The van der Waals surface area contributed by atoms with Gasteiger partial charge in [0.2, 0.25) is 0 Å². The number of carbonyl (C=O) groups excluding carboxylic acids is 1. The van der Waals surface area contributed by atoms with E-state index in [1.807, 2.05) is 0 Å². The van der Waals surface area contributed by atoms with E-state index in [1.165, 1.54) is 6.92 Å². The van der Waals surface area contributed by atoms with Crippen LogP contribution in [0.1, 0.15) is 17.3 Å². The van der Waals surface area contributed by atoms with Gasteiger partial charge in [-0.15, -0.1) is 0 Å². The molecule has 1 aromatic carbocycles. The van der Waals surface area contributed by atoms with Crippen LogP contribution in [0.15, 0.2) is 22.7 Å². The summed E-state index contributed by atoms with van der Waals surface area (Å²) in [5.74, 6) is 0.0272. The lowest BCUT2D eigenvalue weighted by Gasteiger charge is -1.97. The van der Waals surface area contributed by atoms with Gasteiger partial charge in [-0.3, -0.25) is 4.79 Å². The van der Waals surface area contributed by atoms with E-state index in [0.29, 0.717) is 10.6 Å². The Hall–Kier alpha value is -0.340. The molecule has 0 unspecified atom stereocenters. The van der Waals surface area contributed by atoms with Crippen LogP contribution in [0.3, 0.4) is 0 Å². The fourth-order valence-electron chi connectivity index (χ4n) is 0.715. The molecule has 1 aromatic rings. The number of hydrogen-bond donors (Lipinski definition) is 0. The molecule has 1 rings (SSSR count). The Morgan fingerprint density at radius 3 is 2.64 bits per heavy atom. The smallest absolute Gasteiger partial charge is 0.159 e. The van der Waals surface area contributed by atoms with Crippen molar-refractivity contribution in [2.24, 2.45) is 0 Å². The predicted molar refractivity (Wildman–Crippen MR) is 49.2 cm³/mol. The second kappa shape index (κ2) is 3.37. The number of hydrogen-bond acceptors (Lipinski definition) is 1. The third-order valence-corrected chi connectivity index (χ3v) is 2.56. The summed E-state index contributed by atoms with van der Waals surface area (Å²) in [6.07, 6.45) is 0. The highest BCUT2D eigenvalue weighted by molar-refractivity contribution is 9.10. The zero-order chi connectivity index (χ0) is 8.43. The Balaban J connectivity index is 3.15. The van der Waals surface area contributed by atoms with Gasteiger partial charge in [-0.05, 0) is 35.0 Å². The lowest BCUT2D eigenvalue weighted by atomic mass is 10.2. The minimum absolute atomic E-state index is 0.0272. The van der Waals surface area contributed by atoms with Crippen LogP contribution >= 0.6 is 27.5 Å². The molecule has 0 saturated carbocycles. The summed E-state index contributed by atoms with van der Waals surface area (Å²) in [4.78, 5) is 10.8. The summed E-state index contributed by atoms with van der Waals surface area (Å²) in [5, 5.41) is 0.567. The van der Waals surface area contributed by atoms with Gasteiger partial charge in [-0.2, -0.15) is 0 Å². The molecule has 0 atom stereocenters. The fraction of sp³-hybridized carbons (Fsp3) is 0.125. The van der Waals surface area contributed by atoms with Crippen molar-refractivity contribution in [1.29, 1.82) is 0 Å². The minimum atomic E-state index is 0.0272. The molecule has 0 aromatic heterocycles. The summed E-state index contributed by atoms with van der Waals surface area (Å²) in [6.45, 7) is 1.51. The van der Waals surface area contributed by atoms with E-state index in [0.717, 1.165) is 4.47 Å². The van der Waals surface area contributed by atoms with Crippen molar-refractivity contribution in [2.75, 3.05) is 0 Å². The van der Waals surface area contributed by atoms with Gasteiger partial charge < -0.3 is 0 Å². The maximum Gasteiger partial charge on any atom is 0.159 e. The topological polar surface area (TPSA) is 17.1 Å². The van der Waals surface area contributed by atoms with E-state index in [-0.39, 0.29) is 5.78 Å². The third-order valence-electron chi connectivity index (χ3n) is 1.33. The molecular weight excluding hydrogens is 227 g/mol. The van der Waals surface area contributed by atoms with Crippen LogP contribution in [0.5, 0.6) is 0 Å². The van der Waals surface area contributed by atoms with Gasteiger partial charge in [0, 0.05) is 10.0 Å². The number of halogens is 2. The van der Waals surface area contributed by atoms with Gasteiger partial charge in [0.05, 0.1) is 5.02 Å². The minimum Gasteiger partial charge on any atom is -0.295 e. The molecule has 0 bridgehead atoms. The molecule has 0 amide bonds. The third kappa shape index (κ3) is 2.04. The van der Waals surface area contributed by atoms with Crippen LogP contribution < -0.4 is 0 Å². The molecule has 0 saturated heterocycles. The van der Waals surface area contributed by atoms with Crippen LogP contribution in [0, 0.1) is 0 Å². The fourth-order valence-corrected chi connectivity index (χ4v) is 1.14. The van der Waals surface area contributed by atoms with E-state index in [1.54, 1.807) is 18.2 Å². The second-order valence-electron chi connectivity index (χ2n) is 2.19. The predicted octanol–water partition coefficient (Wildman–Crippen LogP) is 3.31. The summed E-state index contributed by atoms with van der Waals surface area (Å²) >= 11 is 8.99. The SMILES string of the molecule is CC(=O)c1ccc(Br)c(Cl)c1. The maximum atomic E-state index is 10.8. The van der Waals surface area contributed by atoms with Gasteiger partial charge in [0.25, 0.3) is 0 Å². The van der Waals surface area contributed by atoms with Crippen molar-refractivity contribution in [1.82, 2.24) is 0 Å². The summed E-state index contributed by atoms with van der Waals surface area (Å²) in [7, 11) is 0. The molecule has 0 fully saturated rings. The molecule has 0 aliphatic rings. The van der Waals surface area contributed by atoms with Gasteiger partial charge in [0.1, 0.15) is 0 Å². The molecule has 1 nitrogen and oxygen atoms in total. The Kier molecular flexibility index (Phi) is 2.68. The quantitative estimate of drug-likeness (QED) is 0.680. The molecule has 0 radical (unpaired) electrons. The molecule has 0 N–H and O–H groups in total. The number of benzene rings is 1. The maximum absolute atomic E-state index is 10.8. The first-order valence-corrected chi connectivity index (χ1v) is 4.24. The average Bonchev–Trinajstić information content (AvgIpc) is 1.94. The van der Waals surface area contributed by atoms with Crippen molar-refractivity contribution < 1.29 is 4.79 Å². The normalized spacial score (nSPS) is 9.73. The Morgan fingerprint density at radius 2 is 2.18 bits per heavy atom. The van der Waals surface area contributed by atoms with E-state index in [9.17, 15) is 4.79 Å². The van der Waals surface area contributed by atoms with Gasteiger partial charge in [0.15, 0.2) is 5.78 Å². The van der Waals surface area contributed by atoms with Gasteiger partial charge in [-0.25, -0.2) is 0 Å². The van der Waals surface area contributed by atoms with Crippen LogP contribution in [-0.2, 0) is 0 Å². The van der Waals surface area contributed by atoms with Gasteiger partial charge in [-0.1, -0.05) is 17.7 Å². The van der Waals surface area contributed by atoms with E-state index in [4.69, 9.17) is 11.6 Å². The largest absolute Gasteiger partial charge is 0.295 e. The van der Waals surface area contributed by atoms with E-state index >= 15 is 0 Å². The number of ketones is 1. The summed E-state index contributed by atoms with van der Waals surface area (Å²) < 4.78 is 0.809. The van der Waals surface area contributed by atoms with E-state index in [2.05, 4.69) is 15.9 Å². The van der Waals surface area contributed by atoms with Crippen molar-refractivity contribution in [3.63, 3.8) is 0 Å². The molecule has 3 heteroatoms. The lowest BCUT2D eigenvalue weighted by molar-refractivity contribution is 0.101. The highest BCUT2D eigenvalue weighted by Crippen LogP contribution is 2.23. The summed E-state index contributed by atoms with van der Waals surface area (Å²) in [6, 6.07) is 5.14. The highest BCUT2D eigenvalue weighted by atomic mass is 79.9. The van der Waals surface area contributed by atoms with E-state index < -0.39 is 0 Å². The van der Waals surface area contributed by atoms with Crippen LogP contribution in [0.4, 0.5) is 0 Å². The molecule has 58 valence electrons. The van der Waals surface area contributed by atoms with Crippen LogP contribution in [0.2, 0.25) is 5.02 Å². The Bertz CT molecular complexity index is 296. The lowest BCUT2D eigenvalue weighted by Crippen LogP contribution is -1.90. The molecule has 11 heavy (non-hydrogen) atoms. The molecule has 0 spiro atoms. The van der Waals surface area contributed by atoms with Crippen molar-refractivity contribution in [3.8, 4) is 0 Å². The zero-order valence-electron chi connectivity index (χ0n) is 5.90. The van der Waals surface area contributed by atoms with Crippen molar-refractivity contribution >= 4 is 33.3 Å². The first-order chi connectivity index (χ1) is 5.11. The first-order valence-electron chi connectivity index (χ1n) is 3.07. The molecule has 0 aliphatic carbocycles. The van der Waals surface area contributed by atoms with Crippen LogP contribution in [0.25, 0.3) is 0 Å². The average molecular weight is 233 g/mol. The van der Waals surface area contributed by atoms with Crippen LogP contribution in [-0.4, -0.2) is 5.78 Å². The van der Waals surface area contributed by atoms with Crippen molar-refractivity contribution in [3.05, 3.63) is 33.3 Å².